The third-order valence-electron chi connectivity index (χ3n) is 5.40. The predicted octanol–water partition coefficient (Wildman–Crippen LogP) is 6.83. The molecule has 0 N–H and O–H groups in total. The molecule has 8 heteroatoms. The monoisotopic (exact) mass is 492 g/mol. The molecule has 2 aromatic carbocycles. The van der Waals surface area contributed by atoms with Gasteiger partial charge >= 0.3 is 0 Å². The molecule has 3 heterocycles. The van der Waals surface area contributed by atoms with Crippen LogP contribution in [0.25, 0.3) is 10.9 Å². The molecule has 1 aromatic heterocycles. The summed E-state index contributed by atoms with van der Waals surface area (Å²) in [5.74, 6) is -0.0211. The lowest BCUT2D eigenvalue weighted by Crippen LogP contribution is -2.28. The van der Waals surface area contributed by atoms with Gasteiger partial charge < -0.3 is 4.90 Å². The molecule has 0 unspecified atom stereocenters. The van der Waals surface area contributed by atoms with Gasteiger partial charge in [0, 0.05) is 34.6 Å². The number of hydrogen-bond donors (Lipinski definition) is 0. The van der Waals surface area contributed by atoms with Crippen molar-refractivity contribution in [2.45, 2.75) is 18.7 Å². The van der Waals surface area contributed by atoms with Crippen molar-refractivity contribution >= 4 is 68.5 Å². The van der Waals surface area contributed by atoms with Crippen molar-refractivity contribution in [1.82, 2.24) is 9.88 Å². The maximum atomic E-state index is 13.0. The second-order valence-corrected chi connectivity index (χ2v) is 9.93. The van der Waals surface area contributed by atoms with E-state index < -0.39 is 0 Å². The van der Waals surface area contributed by atoms with E-state index in [2.05, 4.69) is 16.8 Å². The van der Waals surface area contributed by atoms with E-state index in [9.17, 15) is 4.79 Å². The van der Waals surface area contributed by atoms with Gasteiger partial charge in [-0.1, -0.05) is 29.4 Å². The Balaban J connectivity index is 1.43. The number of fused-ring (bicyclic) bond motifs is 2. The van der Waals surface area contributed by atoms with E-state index in [0.717, 1.165) is 38.9 Å². The molecule has 33 heavy (non-hydrogen) atoms. The molecule has 1 fully saturated rings. The molecule has 0 aliphatic carbocycles. The first kappa shape index (κ1) is 22.1. The Kier molecular flexibility index (Phi) is 6.19. The van der Waals surface area contributed by atoms with Crippen LogP contribution in [-0.4, -0.2) is 34.0 Å². The van der Waals surface area contributed by atoms with Crippen LogP contribution < -0.4 is 4.90 Å². The summed E-state index contributed by atoms with van der Waals surface area (Å²) in [4.78, 5) is 27.9. The highest BCUT2D eigenvalue weighted by Gasteiger charge is 2.32. The smallest absolute Gasteiger partial charge is 0.266 e. The van der Waals surface area contributed by atoms with Crippen molar-refractivity contribution in [2.24, 2.45) is 4.99 Å². The van der Waals surface area contributed by atoms with Crippen molar-refractivity contribution in [3.8, 4) is 0 Å². The lowest BCUT2D eigenvalue weighted by molar-refractivity contribution is -0.122. The SMILES string of the molecule is CCN1C(=O)/C(=C\C=C2/Sc3ccc(Cl)cc3N2CC)SC1=Nc1ccc2ncccc2c1. The number of carbonyl (C=O) groups excluding carboxylic acids is 1. The fourth-order valence-corrected chi connectivity index (χ4v) is 6.08. The molecule has 1 saturated heterocycles. The summed E-state index contributed by atoms with van der Waals surface area (Å²) in [6.07, 6.45) is 5.70. The van der Waals surface area contributed by atoms with Crippen molar-refractivity contribution in [2.75, 3.05) is 18.0 Å². The van der Waals surface area contributed by atoms with Crippen LogP contribution in [0.1, 0.15) is 13.8 Å². The highest BCUT2D eigenvalue weighted by atomic mass is 35.5. The predicted molar refractivity (Wildman–Crippen MR) is 140 cm³/mol. The fourth-order valence-electron chi connectivity index (χ4n) is 3.80. The van der Waals surface area contributed by atoms with Crippen LogP contribution in [0.2, 0.25) is 5.02 Å². The number of hydrogen-bond acceptors (Lipinski definition) is 6. The molecular formula is C25H21ClN4OS2. The van der Waals surface area contributed by atoms with Gasteiger partial charge in [-0.2, -0.15) is 0 Å². The summed E-state index contributed by atoms with van der Waals surface area (Å²) >= 11 is 9.30. The zero-order valence-electron chi connectivity index (χ0n) is 18.2. The topological polar surface area (TPSA) is 48.8 Å². The highest BCUT2D eigenvalue weighted by molar-refractivity contribution is 8.18. The van der Waals surface area contributed by atoms with Crippen LogP contribution >= 0.6 is 35.1 Å². The van der Waals surface area contributed by atoms with E-state index in [-0.39, 0.29) is 5.91 Å². The minimum atomic E-state index is -0.0211. The summed E-state index contributed by atoms with van der Waals surface area (Å²) in [5.41, 5.74) is 2.83. The molecule has 5 nitrogen and oxygen atoms in total. The minimum Gasteiger partial charge on any atom is -0.335 e. The van der Waals surface area contributed by atoms with Crippen LogP contribution in [0, 0.1) is 0 Å². The van der Waals surface area contributed by atoms with Crippen molar-refractivity contribution < 1.29 is 4.79 Å². The van der Waals surface area contributed by atoms with Gasteiger partial charge in [-0.3, -0.25) is 14.7 Å². The summed E-state index contributed by atoms with van der Waals surface area (Å²) in [5, 5.41) is 3.51. The minimum absolute atomic E-state index is 0.0211. The molecule has 0 atom stereocenters. The normalized spacial score (nSPS) is 19.5. The van der Waals surface area contributed by atoms with Crippen molar-refractivity contribution in [3.05, 3.63) is 81.8 Å². The molecule has 3 aromatic rings. The number of amidine groups is 1. The first-order valence-electron chi connectivity index (χ1n) is 10.7. The van der Waals surface area contributed by atoms with E-state index in [4.69, 9.17) is 16.6 Å². The first-order valence-corrected chi connectivity index (χ1v) is 12.7. The second kappa shape index (κ2) is 9.25. The number of amides is 1. The lowest BCUT2D eigenvalue weighted by atomic mass is 10.2. The van der Waals surface area contributed by atoms with Gasteiger partial charge in [0.1, 0.15) is 0 Å². The van der Waals surface area contributed by atoms with E-state index in [1.165, 1.54) is 16.7 Å². The van der Waals surface area contributed by atoms with E-state index >= 15 is 0 Å². The van der Waals surface area contributed by atoms with Gasteiger partial charge in [0.05, 0.1) is 26.8 Å². The number of allylic oxidation sites excluding steroid dienone is 2. The summed E-state index contributed by atoms with van der Waals surface area (Å²) in [6.45, 7) is 5.45. The van der Waals surface area contributed by atoms with Gasteiger partial charge in [-0.05, 0) is 80.2 Å². The Bertz CT molecular complexity index is 1350. The zero-order valence-corrected chi connectivity index (χ0v) is 20.5. The van der Waals surface area contributed by atoms with E-state index in [1.54, 1.807) is 22.9 Å². The van der Waals surface area contributed by atoms with Crippen molar-refractivity contribution in [1.29, 1.82) is 0 Å². The van der Waals surface area contributed by atoms with Crippen LogP contribution in [0.3, 0.4) is 0 Å². The van der Waals surface area contributed by atoms with E-state index in [0.29, 0.717) is 16.6 Å². The van der Waals surface area contributed by atoms with Crippen LogP contribution in [0.15, 0.2) is 86.7 Å². The fraction of sp³-hybridized carbons (Fsp3) is 0.160. The Labute approximate surface area is 206 Å². The van der Waals surface area contributed by atoms with Gasteiger partial charge in [0.2, 0.25) is 0 Å². The van der Waals surface area contributed by atoms with Gasteiger partial charge in [-0.15, -0.1) is 0 Å². The van der Waals surface area contributed by atoms with Crippen LogP contribution in [0.4, 0.5) is 11.4 Å². The molecule has 0 spiro atoms. The number of likely N-dealkylation sites (N-methyl/N-ethyl adjacent to an activating group) is 1. The second-order valence-electron chi connectivity index (χ2n) is 7.42. The zero-order chi connectivity index (χ0) is 22.9. The third-order valence-corrected chi connectivity index (χ3v) is 7.79. The molecule has 1 amide bonds. The number of thioether (sulfide) groups is 2. The number of anilines is 1. The molecular weight excluding hydrogens is 472 g/mol. The number of nitrogens with zero attached hydrogens (tertiary/aromatic N) is 4. The van der Waals surface area contributed by atoms with E-state index in [1.807, 2.05) is 67.6 Å². The Morgan fingerprint density at radius 1 is 1.03 bits per heavy atom. The first-order chi connectivity index (χ1) is 16.1. The maximum absolute atomic E-state index is 13.0. The Morgan fingerprint density at radius 2 is 1.88 bits per heavy atom. The summed E-state index contributed by atoms with van der Waals surface area (Å²) in [6, 6.07) is 15.7. The molecule has 0 bridgehead atoms. The number of aromatic nitrogens is 1. The lowest BCUT2D eigenvalue weighted by Gasteiger charge is -2.17. The molecule has 166 valence electrons. The summed E-state index contributed by atoms with van der Waals surface area (Å²) in [7, 11) is 0. The van der Waals surface area contributed by atoms with Gasteiger partial charge in [-0.25, -0.2) is 4.99 Å². The number of aliphatic imine (C=N–C) groups is 1. The van der Waals surface area contributed by atoms with Crippen LogP contribution in [0.5, 0.6) is 0 Å². The number of pyridine rings is 1. The number of halogens is 1. The third kappa shape index (κ3) is 4.28. The largest absolute Gasteiger partial charge is 0.335 e. The Hall–Kier alpha value is -2.74. The van der Waals surface area contributed by atoms with Crippen LogP contribution in [-0.2, 0) is 4.79 Å². The van der Waals surface area contributed by atoms with Crippen molar-refractivity contribution in [3.63, 3.8) is 0 Å². The molecule has 5 rings (SSSR count). The average Bonchev–Trinajstić information content (AvgIpc) is 3.32. The number of benzene rings is 2. The molecule has 2 aliphatic rings. The Morgan fingerprint density at radius 3 is 2.70 bits per heavy atom. The molecule has 0 radical (unpaired) electrons. The van der Waals surface area contributed by atoms with Gasteiger partial charge in [0.25, 0.3) is 5.91 Å². The average molecular weight is 493 g/mol. The molecule has 2 aliphatic heterocycles. The van der Waals surface area contributed by atoms with Gasteiger partial charge in [0.15, 0.2) is 5.17 Å². The standard InChI is InChI=1S/C25H21ClN4OS2/c1-3-29-20-15-17(26)7-10-21(20)32-23(29)12-11-22-24(31)30(4-2)25(33-22)28-18-8-9-19-16(14-18)6-5-13-27-19/h5-15H,3-4H2,1-2H3/b22-11+,23-12-,28-25?. The number of carbonyl (C=O) groups is 1. The quantitative estimate of drug-likeness (QED) is 0.373. The summed E-state index contributed by atoms with van der Waals surface area (Å²) < 4.78 is 0. The highest BCUT2D eigenvalue weighted by Crippen LogP contribution is 2.47. The number of rotatable bonds is 4. The molecule has 0 saturated carbocycles. The maximum Gasteiger partial charge on any atom is 0.266 e.